The van der Waals surface area contributed by atoms with E-state index in [1.807, 2.05) is 0 Å². The topological polar surface area (TPSA) is 97.5 Å². The van der Waals surface area contributed by atoms with Crippen LogP contribution in [0.15, 0.2) is 41.6 Å². The number of rotatable bonds is 2. The smallest absolute Gasteiger partial charge is 0.248 e. The fourth-order valence-corrected chi connectivity index (χ4v) is 4.80. The molecular weight excluding hydrogens is 292 g/mol. The second-order valence-electron chi connectivity index (χ2n) is 5.26. The van der Waals surface area contributed by atoms with Gasteiger partial charge in [0.05, 0.1) is 11.4 Å². The molecule has 0 radical (unpaired) electrons. The minimum atomic E-state index is -3.53. The summed E-state index contributed by atoms with van der Waals surface area (Å²) in [5, 5.41) is -1.11. The van der Waals surface area contributed by atoms with Crippen molar-refractivity contribution in [2.75, 3.05) is 5.75 Å². The number of β-lactam (4-membered cyclic amide) rings is 1. The van der Waals surface area contributed by atoms with Crippen molar-refractivity contribution in [2.24, 2.45) is 5.73 Å². The van der Waals surface area contributed by atoms with Crippen LogP contribution in [-0.4, -0.2) is 42.2 Å². The average Bonchev–Trinajstić information content (AvgIpc) is 2.45. The van der Waals surface area contributed by atoms with Crippen molar-refractivity contribution >= 4 is 21.5 Å². The maximum absolute atomic E-state index is 12.6. The molecule has 110 valence electrons. The number of ketones is 1. The molecule has 0 aliphatic carbocycles. The Balaban J connectivity index is 2.10. The number of Topliss-reactive ketones (excluding diaryl/α,β-unsaturated/α-hetero) is 1. The number of allylic oxidation sites excluding steroid dienone is 1. The van der Waals surface area contributed by atoms with Gasteiger partial charge in [-0.1, -0.05) is 30.3 Å². The Morgan fingerprint density at radius 1 is 1.29 bits per heavy atom. The zero-order valence-corrected chi connectivity index (χ0v) is 12.1. The number of benzene rings is 1. The number of sulfone groups is 1. The number of carbonyl (C=O) groups is 2. The fourth-order valence-electron chi connectivity index (χ4n) is 2.80. The molecule has 1 aromatic carbocycles. The van der Waals surface area contributed by atoms with Gasteiger partial charge in [0.1, 0.15) is 6.04 Å². The molecule has 3 rings (SSSR count). The highest BCUT2D eigenvalue weighted by Crippen LogP contribution is 2.36. The molecule has 7 heteroatoms. The Bertz CT molecular complexity index is 767. The van der Waals surface area contributed by atoms with E-state index in [9.17, 15) is 18.0 Å². The second kappa shape index (κ2) is 4.51. The molecule has 2 N–H and O–H groups in total. The number of nitrogens with two attached hydrogens (primary N) is 1. The summed E-state index contributed by atoms with van der Waals surface area (Å²) < 4.78 is 24.2. The molecule has 6 nitrogen and oxygen atoms in total. The lowest BCUT2D eigenvalue weighted by molar-refractivity contribution is -0.141. The monoisotopic (exact) mass is 306 g/mol. The summed E-state index contributed by atoms with van der Waals surface area (Å²) in [7, 11) is -3.53. The summed E-state index contributed by atoms with van der Waals surface area (Å²) >= 11 is 0. The third-order valence-electron chi connectivity index (χ3n) is 3.77. The number of amides is 1. The molecule has 1 aromatic rings. The summed E-state index contributed by atoms with van der Waals surface area (Å²) in [6, 6.07) is 7.38. The highest BCUT2D eigenvalue weighted by molar-refractivity contribution is 7.92. The summed E-state index contributed by atoms with van der Waals surface area (Å²) in [6.45, 7) is 1.56. The minimum absolute atomic E-state index is 0.146. The normalized spacial score (nSPS) is 27.1. The fraction of sp³-hybridized carbons (Fsp3) is 0.286. The van der Waals surface area contributed by atoms with Gasteiger partial charge in [-0.25, -0.2) is 8.42 Å². The van der Waals surface area contributed by atoms with Crippen molar-refractivity contribution < 1.29 is 18.0 Å². The van der Waals surface area contributed by atoms with Crippen LogP contribution in [0.1, 0.15) is 17.3 Å². The van der Waals surface area contributed by atoms with Crippen molar-refractivity contribution in [1.29, 1.82) is 0 Å². The first-order valence-corrected chi connectivity index (χ1v) is 8.16. The van der Waals surface area contributed by atoms with Crippen molar-refractivity contribution in [2.45, 2.75) is 18.3 Å². The number of fused-ring (bicyclic) bond motifs is 1. The van der Waals surface area contributed by atoms with Gasteiger partial charge in [-0.3, -0.25) is 14.5 Å². The zero-order valence-electron chi connectivity index (χ0n) is 11.3. The Morgan fingerprint density at radius 3 is 2.52 bits per heavy atom. The Morgan fingerprint density at radius 2 is 1.90 bits per heavy atom. The maximum Gasteiger partial charge on any atom is 0.248 e. The van der Waals surface area contributed by atoms with E-state index in [1.54, 1.807) is 37.3 Å². The predicted octanol–water partition coefficient (Wildman–Crippen LogP) is 0.0673. The van der Waals surface area contributed by atoms with Crippen LogP contribution in [0.3, 0.4) is 0 Å². The van der Waals surface area contributed by atoms with E-state index < -0.39 is 27.2 Å². The first-order valence-electron chi connectivity index (χ1n) is 6.44. The van der Waals surface area contributed by atoms with Gasteiger partial charge in [0, 0.05) is 5.56 Å². The molecule has 2 heterocycles. The van der Waals surface area contributed by atoms with Crippen LogP contribution in [0, 0.1) is 0 Å². The molecule has 0 saturated carbocycles. The predicted molar refractivity (Wildman–Crippen MR) is 75.9 cm³/mol. The summed E-state index contributed by atoms with van der Waals surface area (Å²) in [6.07, 6.45) is 0. The summed E-state index contributed by atoms with van der Waals surface area (Å²) in [4.78, 5) is 25.5. The molecule has 0 aromatic heterocycles. The maximum atomic E-state index is 12.6. The van der Waals surface area contributed by atoms with Crippen LogP contribution < -0.4 is 5.73 Å². The van der Waals surface area contributed by atoms with Crippen LogP contribution in [0.4, 0.5) is 0 Å². The molecule has 1 saturated heterocycles. The highest BCUT2D eigenvalue weighted by atomic mass is 32.2. The van der Waals surface area contributed by atoms with E-state index >= 15 is 0 Å². The number of nitrogens with zero attached hydrogens (tertiary/aromatic N) is 1. The SMILES string of the molecule is CC1=C(C(=O)c2ccccc2)N2C(=O)[C@@H](N)[C@H]2S(=O)(=O)C1. The van der Waals surface area contributed by atoms with Gasteiger partial charge in [-0.15, -0.1) is 0 Å². The van der Waals surface area contributed by atoms with Gasteiger partial charge in [-0.2, -0.15) is 0 Å². The molecule has 0 bridgehead atoms. The van der Waals surface area contributed by atoms with Gasteiger partial charge in [-0.05, 0) is 12.5 Å². The Labute approximate surface area is 122 Å². The third-order valence-corrected chi connectivity index (χ3v) is 5.84. The summed E-state index contributed by atoms with van der Waals surface area (Å²) in [5.41, 5.74) is 6.53. The summed E-state index contributed by atoms with van der Waals surface area (Å²) in [5.74, 6) is -1.13. The van der Waals surface area contributed by atoms with Crippen molar-refractivity contribution in [1.82, 2.24) is 4.90 Å². The molecule has 1 amide bonds. The lowest BCUT2D eigenvalue weighted by Gasteiger charge is -2.48. The minimum Gasteiger partial charge on any atom is -0.317 e. The van der Waals surface area contributed by atoms with E-state index in [4.69, 9.17) is 5.73 Å². The van der Waals surface area contributed by atoms with Crippen molar-refractivity contribution in [3.05, 3.63) is 47.2 Å². The van der Waals surface area contributed by atoms with Gasteiger partial charge < -0.3 is 5.73 Å². The quantitative estimate of drug-likeness (QED) is 0.616. The van der Waals surface area contributed by atoms with E-state index in [1.165, 1.54) is 0 Å². The number of hydrogen-bond donors (Lipinski definition) is 1. The van der Waals surface area contributed by atoms with Gasteiger partial charge in [0.25, 0.3) is 0 Å². The standard InChI is InChI=1S/C14H14N2O4S/c1-8-7-21(19,20)14-10(15)13(18)16(14)11(8)12(17)9-5-3-2-4-6-9/h2-6,10,14H,7,15H2,1H3/t10-,14-/m1/s1. The van der Waals surface area contributed by atoms with Crippen LogP contribution in [0.5, 0.6) is 0 Å². The Hall–Kier alpha value is -1.99. The lowest BCUT2D eigenvalue weighted by Crippen LogP contribution is -2.73. The molecule has 2 atom stereocenters. The van der Waals surface area contributed by atoms with Gasteiger partial charge in [0.15, 0.2) is 15.2 Å². The average molecular weight is 306 g/mol. The molecule has 1 fully saturated rings. The zero-order chi connectivity index (χ0) is 15.4. The van der Waals surface area contributed by atoms with E-state index in [0.717, 1.165) is 4.90 Å². The van der Waals surface area contributed by atoms with E-state index in [-0.39, 0.29) is 17.2 Å². The second-order valence-corrected chi connectivity index (χ2v) is 7.35. The molecule has 0 spiro atoms. The third kappa shape index (κ3) is 1.92. The van der Waals surface area contributed by atoms with Crippen LogP contribution >= 0.6 is 0 Å². The van der Waals surface area contributed by atoms with Gasteiger partial charge >= 0.3 is 0 Å². The van der Waals surface area contributed by atoms with Crippen molar-refractivity contribution in [3.8, 4) is 0 Å². The lowest BCUT2D eigenvalue weighted by atomic mass is 9.98. The van der Waals surface area contributed by atoms with Crippen molar-refractivity contribution in [3.63, 3.8) is 0 Å². The molecule has 2 aliphatic heterocycles. The van der Waals surface area contributed by atoms with E-state index in [0.29, 0.717) is 11.1 Å². The van der Waals surface area contributed by atoms with Crippen LogP contribution in [0.25, 0.3) is 0 Å². The van der Waals surface area contributed by atoms with Gasteiger partial charge in [0.2, 0.25) is 11.7 Å². The molecular formula is C14H14N2O4S. The molecule has 2 aliphatic rings. The first-order chi connectivity index (χ1) is 9.84. The van der Waals surface area contributed by atoms with E-state index in [2.05, 4.69) is 0 Å². The molecule has 21 heavy (non-hydrogen) atoms. The Kier molecular flexibility index (Phi) is 3.00. The molecule has 0 unspecified atom stereocenters. The highest BCUT2D eigenvalue weighted by Gasteiger charge is 2.57. The largest absolute Gasteiger partial charge is 0.317 e. The first kappa shape index (κ1) is 14.0. The number of carbonyl (C=O) groups excluding carboxylic acids is 2. The van der Waals surface area contributed by atoms with Crippen LogP contribution in [-0.2, 0) is 14.6 Å². The van der Waals surface area contributed by atoms with Crippen LogP contribution in [0.2, 0.25) is 0 Å². The number of hydrogen-bond acceptors (Lipinski definition) is 5.